The van der Waals surface area contributed by atoms with Crippen LogP contribution in [0.15, 0.2) is 47.7 Å². The van der Waals surface area contributed by atoms with Crippen LogP contribution in [-0.4, -0.2) is 45.6 Å². The molecule has 8 heteroatoms. The first-order valence-electron chi connectivity index (χ1n) is 10.2. The average molecular weight is 405 g/mol. The van der Waals surface area contributed by atoms with Crippen molar-refractivity contribution in [3.05, 3.63) is 54.1 Å². The smallest absolute Gasteiger partial charge is 0.319 e. The van der Waals surface area contributed by atoms with Gasteiger partial charge in [0.25, 0.3) is 0 Å². The number of imidazole rings is 1. The molecule has 158 valence electrons. The van der Waals surface area contributed by atoms with Gasteiger partial charge in [-0.25, -0.2) is 9.98 Å². The van der Waals surface area contributed by atoms with Gasteiger partial charge in [0.1, 0.15) is 12.4 Å². The highest BCUT2D eigenvalue weighted by Crippen LogP contribution is 2.20. The largest absolute Gasteiger partial charge is 0.357 e. The van der Waals surface area contributed by atoms with Crippen LogP contribution in [0.25, 0.3) is 0 Å². The molecule has 1 aromatic carbocycles. The lowest BCUT2D eigenvalue weighted by molar-refractivity contribution is 0.0671. The number of aromatic nitrogens is 2. The SMILES string of the molecule is CCNC(=NCc1nccn1C(F)F)NC1CCN(Cc2ccccc2)C(C)C1. The minimum atomic E-state index is -2.60. The van der Waals surface area contributed by atoms with Gasteiger partial charge in [-0.3, -0.25) is 9.47 Å². The van der Waals surface area contributed by atoms with E-state index in [1.54, 1.807) is 0 Å². The van der Waals surface area contributed by atoms with Crippen LogP contribution in [0.4, 0.5) is 8.78 Å². The number of aliphatic imine (C=N–C) groups is 1. The maximum Gasteiger partial charge on any atom is 0.319 e. The molecule has 0 spiro atoms. The predicted molar refractivity (Wildman–Crippen MR) is 111 cm³/mol. The van der Waals surface area contributed by atoms with Crippen molar-refractivity contribution in [2.45, 2.75) is 58.4 Å². The summed E-state index contributed by atoms with van der Waals surface area (Å²) in [6.07, 6.45) is 4.66. The summed E-state index contributed by atoms with van der Waals surface area (Å²) in [6, 6.07) is 11.3. The van der Waals surface area contributed by atoms with E-state index in [1.165, 1.54) is 18.0 Å². The molecule has 1 fully saturated rings. The molecule has 6 nitrogen and oxygen atoms in total. The number of piperidine rings is 1. The highest BCUT2D eigenvalue weighted by Gasteiger charge is 2.26. The van der Waals surface area contributed by atoms with E-state index in [0.29, 0.717) is 24.6 Å². The zero-order valence-electron chi connectivity index (χ0n) is 17.1. The third-order valence-corrected chi connectivity index (χ3v) is 5.27. The van der Waals surface area contributed by atoms with Crippen LogP contribution in [0.3, 0.4) is 0 Å². The maximum atomic E-state index is 13.0. The first kappa shape index (κ1) is 21.2. The number of rotatable bonds is 7. The van der Waals surface area contributed by atoms with E-state index < -0.39 is 6.55 Å². The Balaban J connectivity index is 1.56. The number of benzene rings is 1. The second-order valence-corrected chi connectivity index (χ2v) is 7.39. The van der Waals surface area contributed by atoms with E-state index in [1.807, 2.05) is 13.0 Å². The Kier molecular flexibility index (Phi) is 7.57. The van der Waals surface area contributed by atoms with Gasteiger partial charge in [-0.05, 0) is 32.3 Å². The summed E-state index contributed by atoms with van der Waals surface area (Å²) in [5, 5.41) is 6.68. The van der Waals surface area contributed by atoms with Crippen molar-refractivity contribution < 1.29 is 8.78 Å². The molecule has 0 saturated carbocycles. The summed E-state index contributed by atoms with van der Waals surface area (Å²) in [5.74, 6) is 0.897. The summed E-state index contributed by atoms with van der Waals surface area (Å²) in [5.41, 5.74) is 1.33. The van der Waals surface area contributed by atoms with Gasteiger partial charge in [-0.2, -0.15) is 8.78 Å². The molecule has 1 saturated heterocycles. The fraction of sp³-hybridized carbons (Fsp3) is 0.524. The highest BCUT2D eigenvalue weighted by atomic mass is 19.3. The molecule has 2 heterocycles. The molecular formula is C21H30F2N6. The summed E-state index contributed by atoms with van der Waals surface area (Å²) >= 11 is 0. The molecule has 0 radical (unpaired) electrons. The molecule has 29 heavy (non-hydrogen) atoms. The predicted octanol–water partition coefficient (Wildman–Crippen LogP) is 3.39. The molecule has 2 N–H and O–H groups in total. The molecule has 1 aliphatic rings. The second kappa shape index (κ2) is 10.3. The van der Waals surface area contributed by atoms with E-state index in [9.17, 15) is 8.78 Å². The summed E-state index contributed by atoms with van der Waals surface area (Å²) < 4.78 is 26.8. The number of hydrogen-bond acceptors (Lipinski definition) is 3. The Bertz CT molecular complexity index is 776. The molecule has 1 aliphatic heterocycles. The summed E-state index contributed by atoms with van der Waals surface area (Å²) in [7, 11) is 0. The van der Waals surface area contributed by atoms with Gasteiger partial charge in [-0.1, -0.05) is 30.3 Å². The molecular weight excluding hydrogens is 374 g/mol. The Morgan fingerprint density at radius 2 is 2.10 bits per heavy atom. The van der Waals surface area contributed by atoms with Gasteiger partial charge in [0.2, 0.25) is 0 Å². The van der Waals surface area contributed by atoms with Gasteiger partial charge < -0.3 is 10.6 Å². The Labute approximate surface area is 171 Å². The molecule has 1 aromatic heterocycles. The van der Waals surface area contributed by atoms with Crippen LogP contribution < -0.4 is 10.6 Å². The zero-order chi connectivity index (χ0) is 20.6. The lowest BCUT2D eigenvalue weighted by Gasteiger charge is -2.38. The highest BCUT2D eigenvalue weighted by molar-refractivity contribution is 5.80. The first-order chi connectivity index (χ1) is 14.1. The van der Waals surface area contributed by atoms with Crippen molar-refractivity contribution in [3.8, 4) is 0 Å². The van der Waals surface area contributed by atoms with Crippen molar-refractivity contribution in [2.75, 3.05) is 13.1 Å². The number of guanidine groups is 1. The van der Waals surface area contributed by atoms with E-state index in [-0.39, 0.29) is 12.4 Å². The molecule has 0 bridgehead atoms. The number of halogens is 2. The number of hydrogen-bond donors (Lipinski definition) is 2. The second-order valence-electron chi connectivity index (χ2n) is 7.39. The number of nitrogens with one attached hydrogen (secondary N) is 2. The minimum Gasteiger partial charge on any atom is -0.357 e. The van der Waals surface area contributed by atoms with E-state index in [2.05, 4.69) is 56.7 Å². The van der Waals surface area contributed by atoms with Gasteiger partial charge in [-0.15, -0.1) is 0 Å². The standard InChI is InChI=1S/C21H30F2N6/c1-3-24-21(26-14-19-25-10-12-29(19)20(22)23)27-18-9-11-28(16(2)13-18)15-17-7-5-4-6-8-17/h4-8,10,12,16,18,20H,3,9,11,13-15H2,1-2H3,(H2,24,26,27). The van der Waals surface area contributed by atoms with E-state index in [4.69, 9.17) is 0 Å². The Morgan fingerprint density at radius 1 is 1.31 bits per heavy atom. The van der Waals surface area contributed by atoms with Crippen LogP contribution in [0.1, 0.15) is 44.6 Å². The molecule has 2 atom stereocenters. The lowest BCUT2D eigenvalue weighted by atomic mass is 9.97. The van der Waals surface area contributed by atoms with Gasteiger partial charge in [0.05, 0.1) is 0 Å². The van der Waals surface area contributed by atoms with Crippen molar-refractivity contribution in [1.29, 1.82) is 0 Å². The molecule has 0 aliphatic carbocycles. The van der Waals surface area contributed by atoms with Crippen LogP contribution >= 0.6 is 0 Å². The van der Waals surface area contributed by atoms with Crippen molar-refractivity contribution in [3.63, 3.8) is 0 Å². The van der Waals surface area contributed by atoms with Gasteiger partial charge in [0, 0.05) is 44.1 Å². The van der Waals surface area contributed by atoms with Crippen LogP contribution in [0.2, 0.25) is 0 Å². The first-order valence-corrected chi connectivity index (χ1v) is 10.2. The van der Waals surface area contributed by atoms with Crippen molar-refractivity contribution in [2.24, 2.45) is 4.99 Å². The van der Waals surface area contributed by atoms with Crippen LogP contribution in [-0.2, 0) is 13.1 Å². The quantitative estimate of drug-likeness (QED) is 0.549. The van der Waals surface area contributed by atoms with E-state index in [0.717, 1.165) is 30.5 Å². The fourth-order valence-corrected chi connectivity index (χ4v) is 3.71. The third-order valence-electron chi connectivity index (χ3n) is 5.27. The number of nitrogens with zero attached hydrogens (tertiary/aromatic N) is 4. The van der Waals surface area contributed by atoms with Gasteiger partial charge >= 0.3 is 6.55 Å². The Hall–Kier alpha value is -2.48. The molecule has 2 unspecified atom stereocenters. The maximum absolute atomic E-state index is 13.0. The third kappa shape index (κ3) is 6.00. The topological polar surface area (TPSA) is 57.5 Å². The average Bonchev–Trinajstić information content (AvgIpc) is 3.18. The zero-order valence-corrected chi connectivity index (χ0v) is 17.1. The summed E-state index contributed by atoms with van der Waals surface area (Å²) in [6.45, 7) is 4.41. The molecule has 2 aromatic rings. The van der Waals surface area contributed by atoms with Crippen molar-refractivity contribution in [1.82, 2.24) is 25.1 Å². The molecule has 3 rings (SSSR count). The lowest BCUT2D eigenvalue weighted by Crippen LogP contribution is -2.51. The van der Waals surface area contributed by atoms with Crippen LogP contribution in [0, 0.1) is 0 Å². The molecule has 0 amide bonds. The normalized spacial score (nSPS) is 20.8. The van der Waals surface area contributed by atoms with Gasteiger partial charge in [0.15, 0.2) is 5.96 Å². The number of likely N-dealkylation sites (tertiary alicyclic amines) is 1. The number of alkyl halides is 2. The van der Waals surface area contributed by atoms with E-state index >= 15 is 0 Å². The fourth-order valence-electron chi connectivity index (χ4n) is 3.71. The van der Waals surface area contributed by atoms with Crippen molar-refractivity contribution >= 4 is 5.96 Å². The van der Waals surface area contributed by atoms with Crippen LogP contribution in [0.5, 0.6) is 0 Å². The summed E-state index contributed by atoms with van der Waals surface area (Å²) in [4.78, 5) is 11.0. The Morgan fingerprint density at radius 3 is 2.79 bits per heavy atom. The minimum absolute atomic E-state index is 0.106. The monoisotopic (exact) mass is 404 g/mol.